The van der Waals surface area contributed by atoms with Crippen LogP contribution in [0.15, 0.2) is 0 Å². The summed E-state index contributed by atoms with van der Waals surface area (Å²) in [7, 11) is 0. The summed E-state index contributed by atoms with van der Waals surface area (Å²) in [5, 5.41) is 8.36. The highest BCUT2D eigenvalue weighted by atomic mass is 16.6. The fourth-order valence-corrected chi connectivity index (χ4v) is 9.00. The van der Waals surface area contributed by atoms with Crippen molar-refractivity contribution in [3.63, 3.8) is 0 Å². The third kappa shape index (κ3) is 50.0. The molecule has 0 aromatic heterocycles. The van der Waals surface area contributed by atoms with Crippen LogP contribution in [0.4, 0.5) is 14.4 Å². The maximum Gasteiger partial charge on any atom is 0.410 e. The molecule has 0 bridgehead atoms. The Morgan fingerprint density at radius 2 is 0.653 bits per heavy atom. The molecule has 75 heavy (non-hydrogen) atoms. The van der Waals surface area contributed by atoms with Crippen LogP contribution in [0.5, 0.6) is 0 Å². The Bertz CT molecular complexity index is 1360. The van der Waals surface area contributed by atoms with Gasteiger partial charge in [0.1, 0.15) is 23.3 Å². The second-order valence-electron chi connectivity index (χ2n) is 24.4. The molecule has 0 saturated heterocycles. The number of nitrogens with one attached hydrogen (secondary N) is 3. The standard InChI is InChI=1S/C61H120N6O8/c1-12-14-16-18-20-22-24-26-28-30-32-34-36-38-40-42-46-66(47-43-41-39-37-35-33-31-29-27-25-23-21-19-17-15-13-2)55(69)52-64-54(68)53-67(58(72)75-61(9,10)11)51-50-65(48-44-62-56(70)73-59(3,4)5)49-45-63-57(71)74-60(6,7)8/h12-53H2,1-11H3,(H,62,70)(H,63,71)(H,64,68). The largest absolute Gasteiger partial charge is 0.444 e. The second-order valence-corrected chi connectivity index (χ2v) is 24.4. The molecule has 442 valence electrons. The van der Waals surface area contributed by atoms with Crippen molar-refractivity contribution in [2.24, 2.45) is 0 Å². The first kappa shape index (κ1) is 71.7. The van der Waals surface area contributed by atoms with Gasteiger partial charge in [-0.25, -0.2) is 14.4 Å². The van der Waals surface area contributed by atoms with Gasteiger partial charge in [-0.05, 0) is 75.2 Å². The summed E-state index contributed by atoms with van der Waals surface area (Å²) in [5.41, 5.74) is -2.12. The summed E-state index contributed by atoms with van der Waals surface area (Å²) >= 11 is 0. The molecular formula is C61H120N6O8. The number of amides is 5. The van der Waals surface area contributed by atoms with Crippen LogP contribution in [-0.2, 0) is 23.8 Å². The van der Waals surface area contributed by atoms with Crippen LogP contribution in [-0.4, -0.2) is 127 Å². The van der Waals surface area contributed by atoms with Crippen molar-refractivity contribution in [2.75, 3.05) is 65.4 Å². The Morgan fingerprint density at radius 1 is 0.347 bits per heavy atom. The maximum atomic E-state index is 13.8. The predicted molar refractivity (Wildman–Crippen MR) is 311 cm³/mol. The first-order valence-corrected chi connectivity index (χ1v) is 30.8. The van der Waals surface area contributed by atoms with Crippen molar-refractivity contribution in [2.45, 2.75) is 298 Å². The number of unbranched alkanes of at least 4 members (excludes halogenated alkanes) is 30. The van der Waals surface area contributed by atoms with Crippen molar-refractivity contribution >= 4 is 30.1 Å². The van der Waals surface area contributed by atoms with Crippen LogP contribution in [0.2, 0.25) is 0 Å². The van der Waals surface area contributed by atoms with Gasteiger partial charge in [0, 0.05) is 52.4 Å². The number of alkyl carbamates (subject to hydrolysis) is 2. The fraction of sp³-hybridized carbons (Fsp3) is 0.918. The molecule has 5 amide bonds. The molecule has 0 atom stereocenters. The lowest BCUT2D eigenvalue weighted by Crippen LogP contribution is -2.49. The van der Waals surface area contributed by atoms with E-state index >= 15 is 0 Å². The van der Waals surface area contributed by atoms with Crippen molar-refractivity contribution < 1.29 is 38.2 Å². The zero-order valence-electron chi connectivity index (χ0n) is 50.8. The summed E-state index contributed by atoms with van der Waals surface area (Å²) in [6.45, 7) is 23.1. The van der Waals surface area contributed by atoms with E-state index in [2.05, 4.69) is 29.8 Å². The van der Waals surface area contributed by atoms with Crippen LogP contribution < -0.4 is 16.0 Å². The molecule has 0 unspecified atom stereocenters. The Labute approximate surface area is 461 Å². The van der Waals surface area contributed by atoms with Crippen molar-refractivity contribution in [3.8, 4) is 0 Å². The Balaban J connectivity index is 5.41. The van der Waals surface area contributed by atoms with Crippen LogP contribution in [0.25, 0.3) is 0 Å². The number of carbonyl (C=O) groups is 5. The Hall–Kier alpha value is -3.29. The van der Waals surface area contributed by atoms with Crippen molar-refractivity contribution in [1.29, 1.82) is 0 Å². The maximum absolute atomic E-state index is 13.8. The van der Waals surface area contributed by atoms with Gasteiger partial charge in [0.2, 0.25) is 11.8 Å². The normalized spacial score (nSPS) is 11.9. The monoisotopic (exact) mass is 1060 g/mol. The third-order valence-electron chi connectivity index (χ3n) is 13.2. The SMILES string of the molecule is CCCCCCCCCCCCCCCCCCN(CCCCCCCCCCCCCCCCCC)C(=O)CNC(=O)CN(CCN(CCNC(=O)OC(C)(C)C)CCNC(=O)OC(C)(C)C)C(=O)OC(C)(C)C. The van der Waals surface area contributed by atoms with Gasteiger partial charge >= 0.3 is 18.3 Å². The number of carbonyl (C=O) groups excluding carboxylic acids is 5. The average Bonchev–Trinajstić information content (AvgIpc) is 3.31. The lowest BCUT2D eigenvalue weighted by molar-refractivity contribution is -0.133. The molecular weight excluding hydrogens is 945 g/mol. The minimum atomic E-state index is -0.810. The minimum absolute atomic E-state index is 0.102. The predicted octanol–water partition coefficient (Wildman–Crippen LogP) is 15.0. The first-order chi connectivity index (χ1) is 35.7. The minimum Gasteiger partial charge on any atom is -0.444 e. The van der Waals surface area contributed by atoms with Gasteiger partial charge in [-0.15, -0.1) is 0 Å². The van der Waals surface area contributed by atoms with E-state index in [4.69, 9.17) is 14.2 Å². The van der Waals surface area contributed by atoms with Crippen molar-refractivity contribution in [1.82, 2.24) is 30.7 Å². The second kappa shape index (κ2) is 45.7. The summed E-state index contributed by atoms with van der Waals surface area (Å²) in [6.07, 6.45) is 39.7. The highest BCUT2D eigenvalue weighted by molar-refractivity contribution is 5.87. The van der Waals surface area contributed by atoms with Crippen LogP contribution in [0.1, 0.15) is 282 Å². The van der Waals surface area contributed by atoms with E-state index in [0.29, 0.717) is 32.7 Å². The van der Waals surface area contributed by atoms with E-state index in [1.807, 2.05) is 9.80 Å². The number of hydrogen-bond donors (Lipinski definition) is 3. The number of nitrogens with zero attached hydrogens (tertiary/aromatic N) is 3. The highest BCUT2D eigenvalue weighted by Crippen LogP contribution is 2.17. The third-order valence-corrected chi connectivity index (χ3v) is 13.2. The average molecular weight is 1070 g/mol. The molecule has 0 aliphatic heterocycles. The lowest BCUT2D eigenvalue weighted by atomic mass is 10.0. The van der Waals surface area contributed by atoms with E-state index in [1.165, 1.54) is 185 Å². The van der Waals surface area contributed by atoms with Gasteiger partial charge in [-0.3, -0.25) is 19.4 Å². The molecule has 0 fully saturated rings. The molecule has 0 spiro atoms. The topological polar surface area (TPSA) is 159 Å². The zero-order chi connectivity index (χ0) is 56.1. The van der Waals surface area contributed by atoms with E-state index < -0.39 is 41.0 Å². The van der Waals surface area contributed by atoms with Gasteiger partial charge in [0.15, 0.2) is 0 Å². The Morgan fingerprint density at radius 3 is 0.960 bits per heavy atom. The molecule has 0 aliphatic carbocycles. The zero-order valence-corrected chi connectivity index (χ0v) is 50.8. The summed E-state index contributed by atoms with van der Waals surface area (Å²) in [6, 6.07) is 0. The number of ether oxygens (including phenoxy) is 3. The van der Waals surface area contributed by atoms with Gasteiger partial charge in [0.05, 0.1) is 6.54 Å². The molecule has 0 saturated carbocycles. The van der Waals surface area contributed by atoms with E-state index in [9.17, 15) is 24.0 Å². The molecule has 3 N–H and O–H groups in total. The molecule has 0 radical (unpaired) electrons. The van der Waals surface area contributed by atoms with Crippen molar-refractivity contribution in [3.05, 3.63) is 0 Å². The summed E-state index contributed by atoms with van der Waals surface area (Å²) < 4.78 is 16.5. The van der Waals surface area contributed by atoms with E-state index in [1.54, 1.807) is 62.3 Å². The lowest BCUT2D eigenvalue weighted by Gasteiger charge is -2.30. The molecule has 0 aromatic rings. The van der Waals surface area contributed by atoms with E-state index in [-0.39, 0.29) is 38.6 Å². The first-order valence-electron chi connectivity index (χ1n) is 30.8. The Kier molecular flexibility index (Phi) is 43.7. The van der Waals surface area contributed by atoms with Crippen LogP contribution in [0, 0.1) is 0 Å². The number of rotatable bonds is 47. The van der Waals surface area contributed by atoms with E-state index in [0.717, 1.165) is 25.7 Å². The van der Waals surface area contributed by atoms with Gasteiger partial charge in [-0.2, -0.15) is 0 Å². The molecule has 0 aliphatic rings. The molecule has 0 heterocycles. The number of hydrogen-bond acceptors (Lipinski definition) is 9. The van der Waals surface area contributed by atoms with Gasteiger partial charge in [-0.1, -0.05) is 206 Å². The molecule has 0 aromatic carbocycles. The van der Waals surface area contributed by atoms with Crippen LogP contribution in [0.3, 0.4) is 0 Å². The molecule has 14 heteroatoms. The van der Waals surface area contributed by atoms with Gasteiger partial charge in [0.25, 0.3) is 0 Å². The van der Waals surface area contributed by atoms with Gasteiger partial charge < -0.3 is 35.1 Å². The fourth-order valence-electron chi connectivity index (χ4n) is 9.00. The smallest absolute Gasteiger partial charge is 0.410 e. The quantitative estimate of drug-likeness (QED) is 0.0398. The van der Waals surface area contributed by atoms with Crippen LogP contribution >= 0.6 is 0 Å². The highest BCUT2D eigenvalue weighted by Gasteiger charge is 2.26. The summed E-state index contributed by atoms with van der Waals surface area (Å²) in [5.74, 6) is -0.557. The molecule has 0 rings (SSSR count). The summed E-state index contributed by atoms with van der Waals surface area (Å²) in [4.78, 5) is 71.0. The molecule has 14 nitrogen and oxygen atoms in total.